The van der Waals surface area contributed by atoms with Gasteiger partial charge in [-0.15, -0.1) is 0 Å². The van der Waals surface area contributed by atoms with Crippen molar-refractivity contribution in [2.75, 3.05) is 26.7 Å². The highest BCUT2D eigenvalue weighted by Crippen LogP contribution is 2.14. The highest BCUT2D eigenvalue weighted by Gasteiger charge is 2.08. The molecule has 3 heteroatoms. The Morgan fingerprint density at radius 1 is 1.20 bits per heavy atom. The van der Waals surface area contributed by atoms with Gasteiger partial charge in [-0.25, -0.2) is 0 Å². The Labute approximate surface area is 124 Å². The summed E-state index contributed by atoms with van der Waals surface area (Å²) in [6, 6.07) is 8.35. The smallest absolute Gasteiger partial charge is 0.119 e. The Hall–Kier alpha value is -1.06. The first-order valence-corrected chi connectivity index (χ1v) is 7.56. The predicted octanol–water partition coefficient (Wildman–Crippen LogP) is 3.30. The van der Waals surface area contributed by atoms with Crippen LogP contribution in [0.1, 0.15) is 39.7 Å². The normalized spacial score (nSPS) is 11.9. The molecule has 0 saturated carbocycles. The summed E-state index contributed by atoms with van der Waals surface area (Å²) in [6.07, 6.45) is 1.18. The summed E-state index contributed by atoms with van der Waals surface area (Å²) in [5.74, 6) is 0.961. The lowest BCUT2D eigenvalue weighted by Gasteiger charge is -2.21. The molecule has 20 heavy (non-hydrogen) atoms. The molecule has 1 aromatic rings. The third-order valence-electron chi connectivity index (χ3n) is 3.07. The van der Waals surface area contributed by atoms with Crippen molar-refractivity contribution in [1.82, 2.24) is 10.2 Å². The maximum absolute atomic E-state index is 5.83. The van der Waals surface area contributed by atoms with Crippen LogP contribution in [-0.2, 0) is 6.54 Å². The van der Waals surface area contributed by atoms with Crippen LogP contribution in [0.3, 0.4) is 0 Å². The van der Waals surface area contributed by atoms with Gasteiger partial charge >= 0.3 is 0 Å². The number of benzene rings is 1. The Morgan fingerprint density at radius 3 is 2.60 bits per heavy atom. The Bertz CT molecular complexity index is 385. The maximum atomic E-state index is 5.83. The van der Waals surface area contributed by atoms with E-state index in [2.05, 4.69) is 63.2 Å². The summed E-state index contributed by atoms with van der Waals surface area (Å²) in [5, 5.41) is 3.49. The van der Waals surface area contributed by atoms with Crippen LogP contribution in [0.25, 0.3) is 0 Å². The molecule has 0 aromatic heterocycles. The summed E-state index contributed by atoms with van der Waals surface area (Å²) in [4.78, 5) is 2.30. The zero-order valence-electron chi connectivity index (χ0n) is 13.7. The van der Waals surface area contributed by atoms with Gasteiger partial charge in [0.15, 0.2) is 0 Å². The van der Waals surface area contributed by atoms with Crippen LogP contribution in [0.2, 0.25) is 0 Å². The molecule has 0 amide bonds. The third kappa shape index (κ3) is 7.51. The maximum Gasteiger partial charge on any atom is 0.119 e. The minimum atomic E-state index is 0.139. The minimum Gasteiger partial charge on any atom is -0.492 e. The fraction of sp³-hybridized carbons (Fsp3) is 0.647. The van der Waals surface area contributed by atoms with Gasteiger partial charge < -0.3 is 15.0 Å². The fourth-order valence-corrected chi connectivity index (χ4v) is 1.93. The number of rotatable bonds is 8. The van der Waals surface area contributed by atoms with Crippen LogP contribution >= 0.6 is 0 Å². The van der Waals surface area contributed by atoms with E-state index in [4.69, 9.17) is 4.74 Å². The van der Waals surface area contributed by atoms with Crippen LogP contribution < -0.4 is 10.1 Å². The fourth-order valence-electron chi connectivity index (χ4n) is 1.93. The molecule has 0 aliphatic carbocycles. The first-order valence-electron chi connectivity index (χ1n) is 7.56. The minimum absolute atomic E-state index is 0.139. The lowest BCUT2D eigenvalue weighted by molar-refractivity contribution is 0.237. The number of hydrogen-bond donors (Lipinski definition) is 1. The Morgan fingerprint density at radius 2 is 1.95 bits per heavy atom. The van der Waals surface area contributed by atoms with Crippen LogP contribution in [0.5, 0.6) is 5.75 Å². The van der Waals surface area contributed by atoms with Crippen molar-refractivity contribution < 1.29 is 4.74 Å². The van der Waals surface area contributed by atoms with Gasteiger partial charge in [-0.3, -0.25) is 0 Å². The molecule has 0 bridgehead atoms. The number of ether oxygens (including phenoxy) is 1. The average Bonchev–Trinajstić information content (AvgIpc) is 2.36. The SMILES string of the molecule is CCCN(C)CCOc1cccc(CNC(C)(C)C)c1. The molecule has 0 unspecified atom stereocenters. The van der Waals surface area contributed by atoms with Crippen molar-refractivity contribution in [2.24, 2.45) is 0 Å². The van der Waals surface area contributed by atoms with Crippen molar-refractivity contribution in [3.8, 4) is 5.75 Å². The van der Waals surface area contributed by atoms with E-state index >= 15 is 0 Å². The highest BCUT2D eigenvalue weighted by atomic mass is 16.5. The van der Waals surface area contributed by atoms with Gasteiger partial charge in [-0.05, 0) is 58.5 Å². The van der Waals surface area contributed by atoms with E-state index in [9.17, 15) is 0 Å². The summed E-state index contributed by atoms with van der Waals surface area (Å²) >= 11 is 0. The first-order chi connectivity index (χ1) is 9.40. The van der Waals surface area contributed by atoms with E-state index in [1.807, 2.05) is 6.07 Å². The quantitative estimate of drug-likeness (QED) is 0.789. The van der Waals surface area contributed by atoms with E-state index < -0.39 is 0 Å². The summed E-state index contributed by atoms with van der Waals surface area (Å²) in [7, 11) is 2.14. The van der Waals surface area contributed by atoms with Crippen molar-refractivity contribution in [1.29, 1.82) is 0 Å². The summed E-state index contributed by atoms with van der Waals surface area (Å²) < 4.78 is 5.83. The highest BCUT2D eigenvalue weighted by molar-refractivity contribution is 5.28. The van der Waals surface area contributed by atoms with Crippen LogP contribution in [0.15, 0.2) is 24.3 Å². The van der Waals surface area contributed by atoms with Gasteiger partial charge in [0.05, 0.1) is 0 Å². The molecule has 0 saturated heterocycles. The first kappa shape index (κ1) is 17.0. The van der Waals surface area contributed by atoms with E-state index in [1.165, 1.54) is 12.0 Å². The van der Waals surface area contributed by atoms with Crippen molar-refractivity contribution >= 4 is 0 Å². The molecule has 0 fully saturated rings. The lowest BCUT2D eigenvalue weighted by Crippen LogP contribution is -2.35. The van der Waals surface area contributed by atoms with E-state index in [0.29, 0.717) is 0 Å². The molecule has 0 aliphatic heterocycles. The number of nitrogens with zero attached hydrogens (tertiary/aromatic N) is 1. The second-order valence-corrected chi connectivity index (χ2v) is 6.40. The molecule has 0 atom stereocenters. The van der Waals surface area contributed by atoms with Gasteiger partial charge in [0.1, 0.15) is 12.4 Å². The number of nitrogens with one attached hydrogen (secondary N) is 1. The second-order valence-electron chi connectivity index (χ2n) is 6.40. The van der Waals surface area contributed by atoms with E-state index in [1.54, 1.807) is 0 Å². The molecule has 0 heterocycles. The predicted molar refractivity (Wildman–Crippen MR) is 86.3 cm³/mol. The van der Waals surface area contributed by atoms with Gasteiger partial charge in [-0.1, -0.05) is 19.1 Å². The molecule has 114 valence electrons. The van der Waals surface area contributed by atoms with Gasteiger partial charge in [-0.2, -0.15) is 0 Å². The molecule has 0 spiro atoms. The molecule has 0 radical (unpaired) electrons. The van der Waals surface area contributed by atoms with Crippen molar-refractivity contribution in [2.45, 2.75) is 46.2 Å². The Balaban J connectivity index is 2.39. The molecule has 0 aliphatic rings. The Kier molecular flexibility index (Phi) is 7.03. The van der Waals surface area contributed by atoms with Gasteiger partial charge in [0.2, 0.25) is 0 Å². The topological polar surface area (TPSA) is 24.5 Å². The molecule has 3 nitrogen and oxygen atoms in total. The number of hydrogen-bond acceptors (Lipinski definition) is 3. The van der Waals surface area contributed by atoms with Crippen molar-refractivity contribution in [3.63, 3.8) is 0 Å². The van der Waals surface area contributed by atoms with Crippen molar-refractivity contribution in [3.05, 3.63) is 29.8 Å². The molecule has 1 rings (SSSR count). The van der Waals surface area contributed by atoms with E-state index in [-0.39, 0.29) is 5.54 Å². The number of likely N-dealkylation sites (N-methyl/N-ethyl adjacent to an activating group) is 1. The van der Waals surface area contributed by atoms with Crippen LogP contribution in [0.4, 0.5) is 0 Å². The standard InChI is InChI=1S/C17H30N2O/c1-6-10-19(5)11-12-20-16-9-7-8-15(13-16)14-18-17(2,3)4/h7-9,13,18H,6,10-12,14H2,1-5H3. The summed E-state index contributed by atoms with van der Waals surface area (Å²) in [5.41, 5.74) is 1.40. The van der Waals surface area contributed by atoms with Gasteiger partial charge in [0, 0.05) is 18.6 Å². The zero-order valence-corrected chi connectivity index (χ0v) is 13.7. The molecule has 1 aromatic carbocycles. The molecular formula is C17H30N2O. The van der Waals surface area contributed by atoms with Crippen LogP contribution in [0, 0.1) is 0 Å². The molecule has 1 N–H and O–H groups in total. The second kappa shape index (κ2) is 8.28. The third-order valence-corrected chi connectivity index (χ3v) is 3.07. The monoisotopic (exact) mass is 278 g/mol. The van der Waals surface area contributed by atoms with Gasteiger partial charge in [0.25, 0.3) is 0 Å². The average molecular weight is 278 g/mol. The summed E-state index contributed by atoms with van der Waals surface area (Å²) in [6.45, 7) is 12.4. The molecular weight excluding hydrogens is 248 g/mol. The lowest BCUT2D eigenvalue weighted by atomic mass is 10.1. The van der Waals surface area contributed by atoms with E-state index in [0.717, 1.165) is 32.0 Å². The van der Waals surface area contributed by atoms with Crippen LogP contribution in [-0.4, -0.2) is 37.2 Å². The zero-order chi connectivity index (χ0) is 15.0. The largest absolute Gasteiger partial charge is 0.492 e.